The van der Waals surface area contributed by atoms with Gasteiger partial charge in [0, 0.05) is 67.2 Å². The Hall–Kier alpha value is -5.21. The van der Waals surface area contributed by atoms with Crippen LogP contribution in [-0.2, 0) is 16.4 Å². The molecule has 1 amide bonds. The Bertz CT molecular complexity index is 2390. The second kappa shape index (κ2) is 16.9. The van der Waals surface area contributed by atoms with Gasteiger partial charge in [-0.05, 0) is 118 Å². The highest BCUT2D eigenvalue weighted by Gasteiger charge is 2.29. The summed E-state index contributed by atoms with van der Waals surface area (Å²) in [7, 11) is -2.50. The summed E-state index contributed by atoms with van der Waals surface area (Å²) in [5, 5.41) is 16.1. The van der Waals surface area contributed by atoms with Crippen molar-refractivity contribution in [1.82, 2.24) is 14.5 Å². The maximum Gasteiger partial charge on any atom is 0.293 e. The molecule has 302 valence electrons. The van der Waals surface area contributed by atoms with E-state index in [0.717, 1.165) is 112 Å². The van der Waals surface area contributed by atoms with Crippen LogP contribution in [0.5, 0.6) is 11.5 Å². The number of benzene rings is 4. The van der Waals surface area contributed by atoms with Gasteiger partial charge in [0.25, 0.3) is 21.6 Å². The zero-order chi connectivity index (χ0) is 40.4. The quantitative estimate of drug-likeness (QED) is 0.107. The van der Waals surface area contributed by atoms with Crippen LogP contribution in [0, 0.1) is 10.1 Å². The topological polar surface area (TPSA) is 137 Å². The summed E-state index contributed by atoms with van der Waals surface area (Å²) in [6.45, 7) is 5.83. The number of likely N-dealkylation sites (tertiary alicyclic amines) is 1. The summed E-state index contributed by atoms with van der Waals surface area (Å²) < 4.78 is 36.0. The number of nitrogens with one attached hydrogen (secondary N) is 2. The molecule has 14 heteroatoms. The summed E-state index contributed by atoms with van der Waals surface area (Å²) in [5.74, 6) is -0.157. The molecule has 2 heterocycles. The molecule has 0 atom stereocenters. The molecule has 2 saturated heterocycles. The number of piperidine rings is 1. The average Bonchev–Trinajstić information content (AvgIpc) is 3.90. The molecule has 0 saturated carbocycles. The van der Waals surface area contributed by atoms with Crippen LogP contribution < -0.4 is 19.7 Å². The third-order valence-electron chi connectivity index (χ3n) is 11.7. The Morgan fingerprint density at radius 2 is 1.71 bits per heavy atom. The normalized spacial score (nSPS) is 17.7. The summed E-state index contributed by atoms with van der Waals surface area (Å²) in [4.78, 5) is 32.0. The number of halogens is 1. The van der Waals surface area contributed by atoms with Crippen LogP contribution in [0.25, 0.3) is 11.6 Å². The summed E-state index contributed by atoms with van der Waals surface area (Å²) in [5.41, 5.74) is 6.87. The van der Waals surface area contributed by atoms with Crippen molar-refractivity contribution in [1.29, 1.82) is 0 Å². The standard InChI is InChI=1S/C44H47ClN6O6S/c1-48-21-19-34(20-22-48)46-40-18-16-36(28-41(40)51(53)54)58(55,56)47-44(52)39-17-15-35(27-43(39)57-42-10-4-6-30-5-2-9-38(30)42)50-25-23-49(24-26-50)29-32-7-3-8-37(32)31-11-13-33(45)14-12-31/h2,4,6,9-18,27-28,34,46H,3,5,7-8,19-26,29H2,1H3,(H,47,52). The Morgan fingerprint density at radius 1 is 0.931 bits per heavy atom. The van der Waals surface area contributed by atoms with Crippen molar-refractivity contribution >= 4 is 56.2 Å². The molecule has 4 aromatic rings. The van der Waals surface area contributed by atoms with Gasteiger partial charge >= 0.3 is 0 Å². The molecule has 0 aromatic heterocycles. The predicted molar refractivity (Wildman–Crippen MR) is 228 cm³/mol. The van der Waals surface area contributed by atoms with Gasteiger partial charge in [-0.3, -0.25) is 19.8 Å². The van der Waals surface area contributed by atoms with Crippen LogP contribution in [0.1, 0.15) is 59.2 Å². The Morgan fingerprint density at radius 3 is 2.47 bits per heavy atom. The molecule has 0 spiro atoms. The summed E-state index contributed by atoms with van der Waals surface area (Å²) in [6, 6.07) is 22.7. The minimum absolute atomic E-state index is 0.0171. The van der Waals surface area contributed by atoms with Crippen LogP contribution in [0.3, 0.4) is 0 Å². The molecule has 4 aliphatic rings. The van der Waals surface area contributed by atoms with Crippen LogP contribution in [0.15, 0.2) is 95.4 Å². The molecule has 8 rings (SSSR count). The lowest BCUT2D eigenvalue weighted by atomic mass is 10.0. The number of nitro benzene ring substituents is 1. The van der Waals surface area contributed by atoms with Crippen molar-refractivity contribution < 1.29 is 22.9 Å². The predicted octanol–water partition coefficient (Wildman–Crippen LogP) is 7.99. The van der Waals surface area contributed by atoms with E-state index in [9.17, 15) is 23.3 Å². The van der Waals surface area contributed by atoms with Gasteiger partial charge in [-0.1, -0.05) is 53.6 Å². The minimum atomic E-state index is -4.52. The SMILES string of the molecule is CN1CCC(Nc2ccc(S(=O)(=O)NC(=O)c3ccc(N4CCN(CC5=C(c6ccc(Cl)cc6)CCC5)CC4)cc3Oc3cccc4c3C=CC4)cc2[N+](=O)[O-])CC1. The number of hydrogen-bond acceptors (Lipinski definition) is 10. The van der Waals surface area contributed by atoms with Gasteiger partial charge < -0.3 is 19.9 Å². The highest BCUT2D eigenvalue weighted by Crippen LogP contribution is 2.38. The molecular formula is C44H47ClN6O6S. The maximum atomic E-state index is 13.9. The maximum absolute atomic E-state index is 13.9. The second-order valence-corrected chi connectivity index (χ2v) is 17.6. The monoisotopic (exact) mass is 822 g/mol. The number of nitrogens with zero attached hydrogens (tertiary/aromatic N) is 4. The fourth-order valence-corrected chi connectivity index (χ4v) is 9.53. The van der Waals surface area contributed by atoms with Crippen molar-refractivity contribution in [2.75, 3.05) is 63.1 Å². The number of rotatable bonds is 12. The van der Waals surface area contributed by atoms with E-state index in [0.29, 0.717) is 5.75 Å². The number of amides is 1. The van der Waals surface area contributed by atoms with Gasteiger partial charge in [0.2, 0.25) is 0 Å². The molecule has 2 aliphatic carbocycles. The number of carbonyl (C=O) groups is 1. The zero-order valence-corrected chi connectivity index (χ0v) is 34.0. The summed E-state index contributed by atoms with van der Waals surface area (Å²) in [6.07, 6.45) is 9.71. The molecule has 58 heavy (non-hydrogen) atoms. The molecule has 0 radical (unpaired) electrons. The van der Waals surface area contributed by atoms with Gasteiger partial charge in [0.15, 0.2) is 0 Å². The largest absolute Gasteiger partial charge is 0.456 e. The number of carbonyl (C=O) groups excluding carboxylic acids is 1. The lowest BCUT2D eigenvalue weighted by molar-refractivity contribution is -0.384. The van der Waals surface area contributed by atoms with Gasteiger partial charge in [-0.25, -0.2) is 13.1 Å². The first kappa shape index (κ1) is 39.6. The molecule has 4 aromatic carbocycles. The molecule has 12 nitrogen and oxygen atoms in total. The number of allylic oxidation sites excluding steroid dienone is 2. The smallest absolute Gasteiger partial charge is 0.293 e. The van der Waals surface area contributed by atoms with Crippen molar-refractivity contribution in [3.8, 4) is 11.5 Å². The van der Waals surface area contributed by atoms with Crippen molar-refractivity contribution in [3.05, 3.63) is 128 Å². The molecular weight excluding hydrogens is 776 g/mol. The van der Waals surface area contributed by atoms with E-state index < -0.39 is 25.7 Å². The van der Waals surface area contributed by atoms with Crippen molar-refractivity contribution in [2.45, 2.75) is 49.5 Å². The molecule has 0 bridgehead atoms. The number of nitro groups is 1. The highest BCUT2D eigenvalue weighted by molar-refractivity contribution is 7.90. The minimum Gasteiger partial charge on any atom is -0.456 e. The lowest BCUT2D eigenvalue weighted by Crippen LogP contribution is -2.47. The van der Waals surface area contributed by atoms with E-state index in [1.54, 1.807) is 12.1 Å². The molecule has 0 unspecified atom stereocenters. The van der Waals surface area contributed by atoms with Crippen LogP contribution >= 0.6 is 11.6 Å². The number of ether oxygens (including phenoxy) is 1. The van der Waals surface area contributed by atoms with Gasteiger partial charge in [-0.15, -0.1) is 0 Å². The highest BCUT2D eigenvalue weighted by atomic mass is 35.5. The van der Waals surface area contributed by atoms with Gasteiger partial charge in [0.1, 0.15) is 17.2 Å². The fourth-order valence-electron chi connectivity index (χ4n) is 8.42. The molecule has 2 aliphatic heterocycles. The number of piperazine rings is 1. The Kier molecular flexibility index (Phi) is 11.6. The molecule has 2 fully saturated rings. The van der Waals surface area contributed by atoms with E-state index in [4.69, 9.17) is 16.3 Å². The van der Waals surface area contributed by atoms with Crippen LogP contribution in [0.2, 0.25) is 5.02 Å². The first-order valence-electron chi connectivity index (χ1n) is 19.9. The Labute approximate surface area is 344 Å². The third kappa shape index (κ3) is 8.77. The Balaban J connectivity index is 1.01. The van der Waals surface area contributed by atoms with E-state index in [-0.39, 0.29) is 28.7 Å². The van der Waals surface area contributed by atoms with Crippen LogP contribution in [-0.4, -0.2) is 88.0 Å². The number of sulfonamides is 1. The van der Waals surface area contributed by atoms with E-state index in [1.807, 2.05) is 55.6 Å². The lowest BCUT2D eigenvalue weighted by Gasteiger charge is -2.36. The van der Waals surface area contributed by atoms with Gasteiger partial charge in [-0.2, -0.15) is 0 Å². The van der Waals surface area contributed by atoms with Crippen molar-refractivity contribution in [2.24, 2.45) is 0 Å². The van der Waals surface area contributed by atoms with E-state index in [2.05, 4.69) is 36.9 Å². The van der Waals surface area contributed by atoms with Crippen LogP contribution in [0.4, 0.5) is 17.1 Å². The van der Waals surface area contributed by atoms with E-state index in [1.165, 1.54) is 28.8 Å². The van der Waals surface area contributed by atoms with Crippen molar-refractivity contribution in [3.63, 3.8) is 0 Å². The summed E-state index contributed by atoms with van der Waals surface area (Å²) >= 11 is 6.16. The first-order valence-corrected chi connectivity index (χ1v) is 21.7. The zero-order valence-electron chi connectivity index (χ0n) is 32.5. The second-order valence-electron chi connectivity index (χ2n) is 15.5. The molecule has 2 N–H and O–H groups in total. The fraction of sp³-hybridized carbons (Fsp3) is 0.341. The van der Waals surface area contributed by atoms with E-state index >= 15 is 0 Å². The first-order chi connectivity index (χ1) is 28.0. The third-order valence-corrected chi connectivity index (χ3v) is 13.2. The van der Waals surface area contributed by atoms with Gasteiger partial charge in [0.05, 0.1) is 15.4 Å². The number of fused-ring (bicyclic) bond motifs is 1. The number of hydrogen-bond donors (Lipinski definition) is 2. The average molecular weight is 823 g/mol. The number of anilines is 2.